The van der Waals surface area contributed by atoms with Crippen LogP contribution in [-0.4, -0.2) is 24.5 Å². The average molecular weight is 373 g/mol. The minimum absolute atomic E-state index is 0.119. The highest BCUT2D eigenvalue weighted by atomic mass is 35.5. The molecule has 1 saturated carbocycles. The summed E-state index contributed by atoms with van der Waals surface area (Å²) in [4.78, 5) is 24.0. The van der Waals surface area contributed by atoms with Crippen molar-refractivity contribution in [1.82, 2.24) is 5.32 Å². The van der Waals surface area contributed by atoms with Crippen molar-refractivity contribution >= 4 is 29.1 Å². The first kappa shape index (κ1) is 18.3. The molecule has 0 unspecified atom stereocenters. The van der Waals surface area contributed by atoms with Crippen molar-refractivity contribution in [2.45, 2.75) is 31.8 Å². The van der Waals surface area contributed by atoms with Crippen LogP contribution in [0, 0.1) is 0 Å². The molecule has 5 nitrogen and oxygen atoms in total. The van der Waals surface area contributed by atoms with Gasteiger partial charge in [0.1, 0.15) is 5.75 Å². The molecule has 1 aliphatic rings. The third-order valence-electron chi connectivity index (χ3n) is 4.24. The summed E-state index contributed by atoms with van der Waals surface area (Å²) < 4.78 is 5.89. The minimum atomic E-state index is -0.344. The van der Waals surface area contributed by atoms with Crippen LogP contribution in [0.25, 0.3) is 0 Å². The van der Waals surface area contributed by atoms with E-state index in [1.165, 1.54) is 12.8 Å². The lowest BCUT2D eigenvalue weighted by molar-refractivity contribution is -0.115. The molecule has 6 heteroatoms. The van der Waals surface area contributed by atoms with Crippen molar-refractivity contribution in [1.29, 1.82) is 0 Å². The van der Waals surface area contributed by atoms with Crippen LogP contribution in [0.1, 0.15) is 36.0 Å². The summed E-state index contributed by atoms with van der Waals surface area (Å²) in [7, 11) is 0. The summed E-state index contributed by atoms with van der Waals surface area (Å²) in [5, 5.41) is 5.79. The van der Waals surface area contributed by atoms with Crippen LogP contribution < -0.4 is 15.4 Å². The molecule has 3 rings (SSSR count). The topological polar surface area (TPSA) is 67.4 Å². The zero-order valence-electron chi connectivity index (χ0n) is 14.3. The number of carbonyl (C=O) groups is 2. The van der Waals surface area contributed by atoms with E-state index in [1.807, 2.05) is 12.1 Å². The lowest BCUT2D eigenvalue weighted by Gasteiger charge is -2.13. The van der Waals surface area contributed by atoms with E-state index in [4.69, 9.17) is 16.3 Å². The molecule has 0 bridgehead atoms. The summed E-state index contributed by atoms with van der Waals surface area (Å²) in [5.74, 6) is 0.164. The van der Waals surface area contributed by atoms with Crippen LogP contribution in [0.2, 0.25) is 5.02 Å². The van der Waals surface area contributed by atoms with Crippen LogP contribution in [0.4, 0.5) is 5.69 Å². The number of nitrogens with one attached hydrogen (secondary N) is 2. The molecule has 2 amide bonds. The van der Waals surface area contributed by atoms with Crippen LogP contribution in [0.15, 0.2) is 48.5 Å². The molecule has 2 aromatic rings. The number of benzene rings is 2. The van der Waals surface area contributed by atoms with Crippen LogP contribution in [0.5, 0.6) is 5.75 Å². The second-order valence-corrected chi connectivity index (χ2v) is 6.73. The molecule has 0 aromatic heterocycles. The maximum atomic E-state index is 12.0. The monoisotopic (exact) mass is 372 g/mol. The normalized spacial score (nSPS) is 14.0. The predicted octanol–water partition coefficient (Wildman–Crippen LogP) is 4.03. The Hall–Kier alpha value is -2.53. The van der Waals surface area contributed by atoms with Crippen molar-refractivity contribution in [3.05, 3.63) is 59.1 Å². The Morgan fingerprint density at radius 3 is 2.50 bits per heavy atom. The van der Waals surface area contributed by atoms with Gasteiger partial charge in [-0.2, -0.15) is 0 Å². The first-order valence-electron chi connectivity index (χ1n) is 8.70. The predicted molar refractivity (Wildman–Crippen MR) is 102 cm³/mol. The standard InChI is InChI=1S/C20H21ClN2O3/c21-15-5-3-4-14(12-15)20(25)22-13-19(24)23-16-8-10-18(11-9-16)26-17-6-1-2-7-17/h3-5,8-12,17H,1-2,6-7,13H2,(H,22,25)(H,23,24). The molecule has 0 heterocycles. The van der Waals surface area contributed by atoms with E-state index in [0.29, 0.717) is 22.4 Å². The number of amides is 2. The quantitative estimate of drug-likeness (QED) is 0.804. The van der Waals surface area contributed by atoms with E-state index in [1.54, 1.807) is 36.4 Å². The highest BCUT2D eigenvalue weighted by Gasteiger charge is 2.16. The first-order valence-corrected chi connectivity index (χ1v) is 9.08. The van der Waals surface area contributed by atoms with E-state index in [2.05, 4.69) is 10.6 Å². The van der Waals surface area contributed by atoms with Crippen molar-refractivity contribution in [2.24, 2.45) is 0 Å². The Labute approximate surface area is 157 Å². The lowest BCUT2D eigenvalue weighted by Crippen LogP contribution is -2.32. The fourth-order valence-electron chi connectivity index (χ4n) is 2.91. The number of carbonyl (C=O) groups excluding carboxylic acids is 2. The van der Waals surface area contributed by atoms with E-state index in [0.717, 1.165) is 18.6 Å². The second-order valence-electron chi connectivity index (χ2n) is 6.29. The van der Waals surface area contributed by atoms with Gasteiger partial charge in [0, 0.05) is 16.3 Å². The fraction of sp³-hybridized carbons (Fsp3) is 0.300. The minimum Gasteiger partial charge on any atom is -0.490 e. The molecule has 26 heavy (non-hydrogen) atoms. The lowest BCUT2D eigenvalue weighted by atomic mass is 10.2. The van der Waals surface area contributed by atoms with Gasteiger partial charge in [0.2, 0.25) is 5.91 Å². The van der Waals surface area contributed by atoms with Crippen molar-refractivity contribution < 1.29 is 14.3 Å². The molecule has 0 radical (unpaired) electrons. The van der Waals surface area contributed by atoms with Crippen molar-refractivity contribution in [3.8, 4) is 5.75 Å². The smallest absolute Gasteiger partial charge is 0.251 e. The van der Waals surface area contributed by atoms with E-state index >= 15 is 0 Å². The van der Waals surface area contributed by atoms with Gasteiger partial charge in [0.05, 0.1) is 12.6 Å². The SMILES string of the molecule is O=C(CNC(=O)c1cccc(Cl)c1)Nc1ccc(OC2CCCC2)cc1. The van der Waals surface area contributed by atoms with E-state index in [-0.39, 0.29) is 18.4 Å². The third kappa shape index (κ3) is 5.23. The molecule has 1 fully saturated rings. The Morgan fingerprint density at radius 2 is 1.81 bits per heavy atom. The highest BCUT2D eigenvalue weighted by Crippen LogP contribution is 2.24. The van der Waals surface area contributed by atoms with Gasteiger partial charge in [0.15, 0.2) is 0 Å². The largest absolute Gasteiger partial charge is 0.490 e. The van der Waals surface area contributed by atoms with E-state index in [9.17, 15) is 9.59 Å². The maximum Gasteiger partial charge on any atom is 0.251 e. The van der Waals surface area contributed by atoms with Gasteiger partial charge in [-0.3, -0.25) is 9.59 Å². The number of hydrogen-bond acceptors (Lipinski definition) is 3. The number of hydrogen-bond donors (Lipinski definition) is 2. The summed E-state index contributed by atoms with van der Waals surface area (Å²) >= 11 is 5.86. The van der Waals surface area contributed by atoms with Crippen LogP contribution >= 0.6 is 11.6 Å². The summed E-state index contributed by atoms with van der Waals surface area (Å²) in [6.45, 7) is -0.119. The molecule has 0 spiro atoms. The molecule has 136 valence electrons. The molecule has 0 saturated heterocycles. The average Bonchev–Trinajstić information content (AvgIpc) is 3.14. The molecule has 2 N–H and O–H groups in total. The summed E-state index contributed by atoms with van der Waals surface area (Å²) in [6, 6.07) is 13.8. The van der Waals surface area contributed by atoms with Gasteiger partial charge in [-0.25, -0.2) is 0 Å². The van der Waals surface area contributed by atoms with Gasteiger partial charge in [-0.05, 0) is 68.1 Å². The highest BCUT2D eigenvalue weighted by molar-refractivity contribution is 6.31. The molecular weight excluding hydrogens is 352 g/mol. The van der Waals surface area contributed by atoms with Gasteiger partial charge < -0.3 is 15.4 Å². The number of anilines is 1. The van der Waals surface area contributed by atoms with Crippen molar-refractivity contribution in [2.75, 3.05) is 11.9 Å². The molecule has 0 atom stereocenters. The third-order valence-corrected chi connectivity index (χ3v) is 4.47. The Balaban J connectivity index is 1.46. The number of rotatable bonds is 6. The Morgan fingerprint density at radius 1 is 1.08 bits per heavy atom. The van der Waals surface area contributed by atoms with Crippen molar-refractivity contribution in [3.63, 3.8) is 0 Å². The van der Waals surface area contributed by atoms with Gasteiger partial charge in [-0.15, -0.1) is 0 Å². The van der Waals surface area contributed by atoms with E-state index < -0.39 is 0 Å². The molecular formula is C20H21ClN2O3. The molecule has 0 aliphatic heterocycles. The Bertz CT molecular complexity index is 771. The number of ether oxygens (including phenoxy) is 1. The Kier molecular flexibility index (Phi) is 6.12. The van der Waals surface area contributed by atoms with Gasteiger partial charge in [-0.1, -0.05) is 17.7 Å². The zero-order chi connectivity index (χ0) is 18.4. The first-order chi connectivity index (χ1) is 12.6. The maximum absolute atomic E-state index is 12.0. The fourth-order valence-corrected chi connectivity index (χ4v) is 3.10. The van der Waals surface area contributed by atoms with Gasteiger partial charge in [0.25, 0.3) is 5.91 Å². The van der Waals surface area contributed by atoms with Gasteiger partial charge >= 0.3 is 0 Å². The van der Waals surface area contributed by atoms with Crippen LogP contribution in [0.3, 0.4) is 0 Å². The zero-order valence-corrected chi connectivity index (χ0v) is 15.1. The second kappa shape index (κ2) is 8.72. The number of halogens is 1. The van der Waals surface area contributed by atoms with Crippen LogP contribution in [-0.2, 0) is 4.79 Å². The molecule has 1 aliphatic carbocycles. The molecule has 2 aromatic carbocycles. The summed E-state index contributed by atoms with van der Waals surface area (Å²) in [5.41, 5.74) is 1.07. The summed E-state index contributed by atoms with van der Waals surface area (Å²) in [6.07, 6.45) is 4.95.